The molecular formula is C13H11IN4. The third kappa shape index (κ3) is 2.31. The molecule has 3 rings (SSSR count). The average Bonchev–Trinajstić information content (AvgIpc) is 2.82. The van der Waals surface area contributed by atoms with Gasteiger partial charge < -0.3 is 9.72 Å². The van der Waals surface area contributed by atoms with Crippen LogP contribution in [0.2, 0.25) is 0 Å². The Hall–Kier alpha value is -1.63. The summed E-state index contributed by atoms with van der Waals surface area (Å²) >= 11 is 2.24. The summed E-state index contributed by atoms with van der Waals surface area (Å²) in [5, 5.41) is 3.29. The Morgan fingerprint density at radius 1 is 1.11 bits per heavy atom. The van der Waals surface area contributed by atoms with Crippen LogP contribution in [-0.2, 0) is 6.54 Å². The summed E-state index contributed by atoms with van der Waals surface area (Å²) in [6.07, 6.45) is 5.74. The van der Waals surface area contributed by atoms with E-state index in [2.05, 4.69) is 42.3 Å². The van der Waals surface area contributed by atoms with Crippen LogP contribution in [0.4, 0.5) is 5.82 Å². The second-order valence-electron chi connectivity index (χ2n) is 3.89. The summed E-state index contributed by atoms with van der Waals surface area (Å²) in [7, 11) is 0. The Bertz CT molecular complexity index is 660. The number of fused-ring (bicyclic) bond motifs is 1. The van der Waals surface area contributed by atoms with Gasteiger partial charge in [-0.1, -0.05) is 6.07 Å². The van der Waals surface area contributed by atoms with Crippen LogP contribution in [0, 0.1) is 3.57 Å². The van der Waals surface area contributed by atoms with E-state index >= 15 is 0 Å². The molecule has 0 spiro atoms. The minimum absolute atomic E-state index is 0.707. The molecule has 90 valence electrons. The SMILES string of the molecule is Ic1ccc(NCc2cnc3ccccn23)nc1. The average molecular weight is 350 g/mol. The summed E-state index contributed by atoms with van der Waals surface area (Å²) < 4.78 is 3.20. The maximum Gasteiger partial charge on any atom is 0.136 e. The fourth-order valence-electron chi connectivity index (χ4n) is 1.78. The van der Waals surface area contributed by atoms with Gasteiger partial charge >= 0.3 is 0 Å². The van der Waals surface area contributed by atoms with Crippen molar-refractivity contribution < 1.29 is 0 Å². The first-order valence-electron chi connectivity index (χ1n) is 5.59. The molecule has 1 N–H and O–H groups in total. The quantitative estimate of drug-likeness (QED) is 0.739. The number of halogens is 1. The molecule has 0 amide bonds. The predicted molar refractivity (Wildman–Crippen MR) is 79.5 cm³/mol. The summed E-state index contributed by atoms with van der Waals surface area (Å²) in [6, 6.07) is 9.99. The number of rotatable bonds is 3. The molecule has 0 saturated heterocycles. The number of anilines is 1. The smallest absolute Gasteiger partial charge is 0.136 e. The monoisotopic (exact) mass is 350 g/mol. The van der Waals surface area contributed by atoms with E-state index in [1.807, 2.05) is 48.9 Å². The number of hydrogen-bond donors (Lipinski definition) is 1. The third-order valence-electron chi connectivity index (χ3n) is 2.67. The molecule has 0 aliphatic heterocycles. The molecule has 0 saturated carbocycles. The second kappa shape index (κ2) is 4.93. The van der Waals surface area contributed by atoms with Crippen LogP contribution in [0.5, 0.6) is 0 Å². The minimum Gasteiger partial charge on any atom is -0.364 e. The lowest BCUT2D eigenvalue weighted by Gasteiger charge is -2.05. The van der Waals surface area contributed by atoms with E-state index in [1.54, 1.807) is 0 Å². The Morgan fingerprint density at radius 3 is 2.89 bits per heavy atom. The maximum atomic E-state index is 4.35. The normalized spacial score (nSPS) is 10.7. The van der Waals surface area contributed by atoms with Crippen molar-refractivity contribution in [2.24, 2.45) is 0 Å². The van der Waals surface area contributed by atoms with Crippen LogP contribution in [0.3, 0.4) is 0 Å². The highest BCUT2D eigenvalue weighted by Crippen LogP contribution is 2.10. The molecule has 0 aliphatic carbocycles. The van der Waals surface area contributed by atoms with Crippen molar-refractivity contribution in [2.45, 2.75) is 6.54 Å². The van der Waals surface area contributed by atoms with E-state index in [1.165, 1.54) is 0 Å². The van der Waals surface area contributed by atoms with Gasteiger partial charge in [-0.05, 0) is 46.9 Å². The van der Waals surface area contributed by atoms with Crippen LogP contribution in [0.15, 0.2) is 48.9 Å². The van der Waals surface area contributed by atoms with Crippen molar-refractivity contribution in [3.05, 3.63) is 58.2 Å². The molecule has 0 unspecified atom stereocenters. The van der Waals surface area contributed by atoms with Gasteiger partial charge in [-0.15, -0.1) is 0 Å². The molecule has 5 heteroatoms. The molecule has 3 aromatic heterocycles. The van der Waals surface area contributed by atoms with Crippen molar-refractivity contribution in [3.8, 4) is 0 Å². The fraction of sp³-hybridized carbons (Fsp3) is 0.0769. The van der Waals surface area contributed by atoms with Crippen LogP contribution in [-0.4, -0.2) is 14.4 Å². The van der Waals surface area contributed by atoms with Gasteiger partial charge in [-0.2, -0.15) is 0 Å². The first kappa shape index (κ1) is 11.5. The summed E-state index contributed by atoms with van der Waals surface area (Å²) in [4.78, 5) is 8.66. The predicted octanol–water partition coefficient (Wildman–Crippen LogP) is 2.95. The second-order valence-corrected chi connectivity index (χ2v) is 5.14. The third-order valence-corrected chi connectivity index (χ3v) is 3.31. The number of nitrogens with zero attached hydrogens (tertiary/aromatic N) is 3. The van der Waals surface area contributed by atoms with Gasteiger partial charge in [0.25, 0.3) is 0 Å². The topological polar surface area (TPSA) is 42.2 Å². The van der Waals surface area contributed by atoms with Gasteiger partial charge in [-0.25, -0.2) is 9.97 Å². The lowest BCUT2D eigenvalue weighted by molar-refractivity contribution is 0.993. The van der Waals surface area contributed by atoms with Gasteiger partial charge in [0.2, 0.25) is 0 Å². The zero-order valence-corrected chi connectivity index (χ0v) is 11.7. The van der Waals surface area contributed by atoms with Crippen LogP contribution in [0.1, 0.15) is 5.69 Å². The van der Waals surface area contributed by atoms with E-state index in [0.717, 1.165) is 20.7 Å². The van der Waals surface area contributed by atoms with Crippen molar-refractivity contribution >= 4 is 34.1 Å². The molecule has 0 fully saturated rings. The van der Waals surface area contributed by atoms with E-state index in [-0.39, 0.29) is 0 Å². The number of aromatic nitrogens is 3. The number of hydrogen-bond acceptors (Lipinski definition) is 3. The molecular weight excluding hydrogens is 339 g/mol. The highest BCUT2D eigenvalue weighted by Gasteiger charge is 2.02. The Labute approximate surface area is 118 Å². The number of imidazole rings is 1. The van der Waals surface area contributed by atoms with Gasteiger partial charge in [0, 0.05) is 16.0 Å². The highest BCUT2D eigenvalue weighted by molar-refractivity contribution is 14.1. The van der Waals surface area contributed by atoms with Gasteiger partial charge in [0.1, 0.15) is 11.5 Å². The lowest BCUT2D eigenvalue weighted by atomic mass is 10.4. The zero-order valence-electron chi connectivity index (χ0n) is 9.55. The summed E-state index contributed by atoms with van der Waals surface area (Å²) in [5.74, 6) is 0.876. The lowest BCUT2D eigenvalue weighted by Crippen LogP contribution is -2.03. The number of pyridine rings is 2. The Balaban J connectivity index is 1.79. The van der Waals surface area contributed by atoms with Crippen molar-refractivity contribution in [1.82, 2.24) is 14.4 Å². The first-order chi connectivity index (χ1) is 8.83. The molecule has 0 aromatic carbocycles. The highest BCUT2D eigenvalue weighted by atomic mass is 127. The van der Waals surface area contributed by atoms with Gasteiger partial charge in [0.15, 0.2) is 0 Å². The van der Waals surface area contributed by atoms with E-state index < -0.39 is 0 Å². The summed E-state index contributed by atoms with van der Waals surface area (Å²) in [5.41, 5.74) is 2.08. The molecule has 3 heterocycles. The van der Waals surface area contributed by atoms with E-state index in [0.29, 0.717) is 6.54 Å². The van der Waals surface area contributed by atoms with Crippen LogP contribution >= 0.6 is 22.6 Å². The largest absolute Gasteiger partial charge is 0.364 e. The fourth-order valence-corrected chi connectivity index (χ4v) is 2.10. The number of nitrogens with one attached hydrogen (secondary N) is 1. The molecule has 0 aliphatic rings. The molecule has 3 aromatic rings. The minimum atomic E-state index is 0.707. The van der Waals surface area contributed by atoms with Crippen molar-refractivity contribution in [2.75, 3.05) is 5.32 Å². The Morgan fingerprint density at radius 2 is 2.06 bits per heavy atom. The van der Waals surface area contributed by atoms with E-state index in [9.17, 15) is 0 Å². The first-order valence-corrected chi connectivity index (χ1v) is 6.67. The van der Waals surface area contributed by atoms with Crippen molar-refractivity contribution in [3.63, 3.8) is 0 Å². The molecule has 4 nitrogen and oxygen atoms in total. The van der Waals surface area contributed by atoms with Crippen molar-refractivity contribution in [1.29, 1.82) is 0 Å². The van der Waals surface area contributed by atoms with Gasteiger partial charge in [0.05, 0.1) is 18.4 Å². The molecule has 0 atom stereocenters. The molecule has 0 bridgehead atoms. The van der Waals surface area contributed by atoms with Gasteiger partial charge in [-0.3, -0.25) is 0 Å². The van der Waals surface area contributed by atoms with Crippen LogP contribution < -0.4 is 5.32 Å². The summed E-state index contributed by atoms with van der Waals surface area (Å²) in [6.45, 7) is 0.707. The molecule has 0 radical (unpaired) electrons. The molecule has 18 heavy (non-hydrogen) atoms. The maximum absolute atomic E-state index is 4.35. The van der Waals surface area contributed by atoms with Crippen LogP contribution in [0.25, 0.3) is 5.65 Å². The zero-order chi connectivity index (χ0) is 12.4. The van der Waals surface area contributed by atoms with E-state index in [4.69, 9.17) is 0 Å². The standard InChI is InChI=1S/C13H11IN4/c14-10-4-5-12(15-7-10)16-8-11-9-17-13-3-1-2-6-18(11)13/h1-7,9H,8H2,(H,15,16). The Kier molecular flexibility index (Phi) is 3.14.